The number of aromatic nitrogens is 4. The quantitative estimate of drug-likeness (QED) is 0.744. The summed E-state index contributed by atoms with van der Waals surface area (Å²) in [6.45, 7) is 4.26. The van der Waals surface area contributed by atoms with Crippen molar-refractivity contribution in [2.45, 2.75) is 32.1 Å². The van der Waals surface area contributed by atoms with Crippen molar-refractivity contribution in [3.05, 3.63) is 53.0 Å². The van der Waals surface area contributed by atoms with Gasteiger partial charge in [-0.15, -0.1) is 0 Å². The van der Waals surface area contributed by atoms with E-state index < -0.39 is 0 Å². The molecule has 0 spiro atoms. The Bertz CT molecular complexity index is 822. The van der Waals surface area contributed by atoms with E-state index in [0.717, 1.165) is 24.4 Å². The topological polar surface area (TPSA) is 56.7 Å². The van der Waals surface area contributed by atoms with Crippen LogP contribution in [0.4, 0.5) is 0 Å². The molecule has 0 radical (unpaired) electrons. The molecule has 0 atom stereocenters. The summed E-state index contributed by atoms with van der Waals surface area (Å²) >= 11 is 0. The summed E-state index contributed by atoms with van der Waals surface area (Å²) in [5.74, 6) is 1.32. The minimum absolute atomic E-state index is 0.0723. The van der Waals surface area contributed by atoms with Gasteiger partial charge in [-0.25, -0.2) is 0 Å². The molecule has 1 aromatic carbocycles. The molecule has 112 valence electrons. The fraction of sp³-hybridized carbons (Fsp3) is 0.353. The maximum atomic E-state index is 5.48. The Morgan fingerprint density at radius 3 is 2.45 bits per heavy atom. The number of benzene rings is 1. The van der Waals surface area contributed by atoms with E-state index in [1.165, 1.54) is 16.7 Å². The smallest absolute Gasteiger partial charge is 0.276 e. The van der Waals surface area contributed by atoms with Gasteiger partial charge in [0.25, 0.3) is 5.89 Å². The van der Waals surface area contributed by atoms with Gasteiger partial charge in [-0.2, -0.15) is 10.1 Å². The van der Waals surface area contributed by atoms with Crippen molar-refractivity contribution >= 4 is 0 Å². The van der Waals surface area contributed by atoms with Crippen LogP contribution < -0.4 is 0 Å². The first-order valence-corrected chi connectivity index (χ1v) is 7.50. The molecule has 1 aliphatic carbocycles. The molecule has 1 aliphatic rings. The molecular formula is C17H18N4O. The van der Waals surface area contributed by atoms with Crippen LogP contribution >= 0.6 is 0 Å². The van der Waals surface area contributed by atoms with Crippen molar-refractivity contribution < 1.29 is 4.52 Å². The second-order valence-electron chi connectivity index (χ2n) is 6.22. The van der Waals surface area contributed by atoms with E-state index in [-0.39, 0.29) is 5.41 Å². The summed E-state index contributed by atoms with van der Waals surface area (Å²) in [4.78, 5) is 4.64. The SMILES string of the molecule is Cc1cc(C)cc(C2(c3noc(-c4ccnn4C)n3)CC2)c1. The number of aryl methyl sites for hydroxylation is 3. The summed E-state index contributed by atoms with van der Waals surface area (Å²) < 4.78 is 7.22. The Balaban J connectivity index is 1.76. The minimum Gasteiger partial charge on any atom is -0.332 e. The Hall–Kier alpha value is -2.43. The van der Waals surface area contributed by atoms with Crippen LogP contribution in [0.15, 0.2) is 35.0 Å². The van der Waals surface area contributed by atoms with Gasteiger partial charge in [0.05, 0.1) is 5.41 Å². The zero-order valence-electron chi connectivity index (χ0n) is 13.0. The van der Waals surface area contributed by atoms with Crippen molar-refractivity contribution in [1.82, 2.24) is 19.9 Å². The average Bonchev–Trinajstić information content (AvgIpc) is 2.93. The molecule has 1 saturated carbocycles. The normalized spacial score (nSPS) is 16.0. The van der Waals surface area contributed by atoms with Gasteiger partial charge < -0.3 is 4.52 Å². The molecule has 2 heterocycles. The van der Waals surface area contributed by atoms with Crippen LogP contribution in [0, 0.1) is 13.8 Å². The monoisotopic (exact) mass is 294 g/mol. The third-order valence-corrected chi connectivity index (χ3v) is 4.42. The van der Waals surface area contributed by atoms with Gasteiger partial charge in [0, 0.05) is 13.2 Å². The first kappa shape index (κ1) is 13.2. The van der Waals surface area contributed by atoms with Crippen molar-refractivity contribution in [3.8, 4) is 11.6 Å². The lowest BCUT2D eigenvalue weighted by atomic mass is 9.92. The van der Waals surface area contributed by atoms with Gasteiger partial charge >= 0.3 is 0 Å². The van der Waals surface area contributed by atoms with Gasteiger partial charge in [-0.05, 0) is 38.3 Å². The van der Waals surface area contributed by atoms with Crippen molar-refractivity contribution in [2.24, 2.45) is 7.05 Å². The molecule has 5 nitrogen and oxygen atoms in total. The van der Waals surface area contributed by atoms with E-state index >= 15 is 0 Å². The Morgan fingerprint density at radius 1 is 1.14 bits per heavy atom. The number of hydrogen-bond donors (Lipinski definition) is 0. The molecule has 0 unspecified atom stereocenters. The molecule has 0 saturated heterocycles. The molecule has 0 N–H and O–H groups in total. The van der Waals surface area contributed by atoms with E-state index in [1.807, 2.05) is 13.1 Å². The van der Waals surface area contributed by atoms with E-state index in [1.54, 1.807) is 10.9 Å². The third kappa shape index (κ3) is 1.96. The Labute approximate surface area is 129 Å². The first-order valence-electron chi connectivity index (χ1n) is 7.50. The highest BCUT2D eigenvalue weighted by molar-refractivity contribution is 5.49. The standard InChI is InChI=1S/C17H18N4O/c1-11-8-12(2)10-13(9-11)17(5-6-17)16-19-15(22-20-16)14-4-7-18-21(14)3/h4,7-10H,5-6H2,1-3H3. The van der Waals surface area contributed by atoms with Crippen LogP contribution in [0.3, 0.4) is 0 Å². The summed E-state index contributed by atoms with van der Waals surface area (Å²) in [5.41, 5.74) is 4.61. The minimum atomic E-state index is -0.0723. The lowest BCUT2D eigenvalue weighted by Gasteiger charge is -2.13. The van der Waals surface area contributed by atoms with Gasteiger partial charge in [0.15, 0.2) is 5.82 Å². The Kier molecular flexibility index (Phi) is 2.73. The lowest BCUT2D eigenvalue weighted by Crippen LogP contribution is -2.11. The summed E-state index contributed by atoms with van der Waals surface area (Å²) in [6.07, 6.45) is 3.87. The maximum absolute atomic E-state index is 5.48. The highest BCUT2D eigenvalue weighted by Crippen LogP contribution is 2.52. The van der Waals surface area contributed by atoms with Gasteiger partial charge in [0.1, 0.15) is 5.69 Å². The molecule has 1 fully saturated rings. The van der Waals surface area contributed by atoms with Crippen molar-refractivity contribution in [2.75, 3.05) is 0 Å². The van der Waals surface area contributed by atoms with Gasteiger partial charge in [-0.3, -0.25) is 4.68 Å². The molecule has 22 heavy (non-hydrogen) atoms. The van der Waals surface area contributed by atoms with E-state index in [0.29, 0.717) is 5.89 Å². The second kappa shape index (κ2) is 4.53. The molecule has 0 amide bonds. The summed E-state index contributed by atoms with van der Waals surface area (Å²) in [7, 11) is 1.87. The fourth-order valence-electron chi connectivity index (χ4n) is 3.12. The number of rotatable bonds is 3. The highest BCUT2D eigenvalue weighted by atomic mass is 16.5. The number of nitrogens with zero attached hydrogens (tertiary/aromatic N) is 4. The van der Waals surface area contributed by atoms with E-state index in [2.05, 4.69) is 47.3 Å². The molecule has 2 aromatic heterocycles. The zero-order chi connectivity index (χ0) is 15.3. The van der Waals surface area contributed by atoms with E-state index in [9.17, 15) is 0 Å². The van der Waals surface area contributed by atoms with E-state index in [4.69, 9.17) is 4.52 Å². The molecule has 0 bridgehead atoms. The highest BCUT2D eigenvalue weighted by Gasteiger charge is 2.50. The van der Waals surface area contributed by atoms with Crippen LogP contribution in [-0.4, -0.2) is 19.9 Å². The predicted octanol–water partition coefficient (Wildman–Crippen LogP) is 3.17. The van der Waals surface area contributed by atoms with Gasteiger partial charge in [0.2, 0.25) is 0 Å². The maximum Gasteiger partial charge on any atom is 0.276 e. The van der Waals surface area contributed by atoms with Crippen LogP contribution in [0.5, 0.6) is 0 Å². The van der Waals surface area contributed by atoms with Gasteiger partial charge in [-0.1, -0.05) is 34.5 Å². The van der Waals surface area contributed by atoms with Crippen LogP contribution in [-0.2, 0) is 12.5 Å². The molecule has 4 rings (SSSR count). The zero-order valence-corrected chi connectivity index (χ0v) is 13.0. The van der Waals surface area contributed by atoms with Crippen molar-refractivity contribution in [3.63, 3.8) is 0 Å². The summed E-state index contributed by atoms with van der Waals surface area (Å²) in [6, 6.07) is 8.55. The molecule has 3 aromatic rings. The van der Waals surface area contributed by atoms with Crippen LogP contribution in [0.2, 0.25) is 0 Å². The predicted molar refractivity (Wildman–Crippen MR) is 82.4 cm³/mol. The summed E-state index contributed by atoms with van der Waals surface area (Å²) in [5, 5.41) is 8.41. The lowest BCUT2D eigenvalue weighted by molar-refractivity contribution is 0.415. The largest absolute Gasteiger partial charge is 0.332 e. The third-order valence-electron chi connectivity index (χ3n) is 4.42. The van der Waals surface area contributed by atoms with Crippen molar-refractivity contribution in [1.29, 1.82) is 0 Å². The van der Waals surface area contributed by atoms with Crippen LogP contribution in [0.25, 0.3) is 11.6 Å². The molecular weight excluding hydrogens is 276 g/mol. The first-order chi connectivity index (χ1) is 10.6. The average molecular weight is 294 g/mol. The molecule has 5 heteroatoms. The molecule has 0 aliphatic heterocycles. The fourth-order valence-corrected chi connectivity index (χ4v) is 3.12. The Morgan fingerprint density at radius 2 is 1.86 bits per heavy atom. The number of hydrogen-bond acceptors (Lipinski definition) is 4. The second-order valence-corrected chi connectivity index (χ2v) is 6.22. The van der Waals surface area contributed by atoms with Crippen LogP contribution in [0.1, 0.15) is 35.4 Å².